The number of hydrogen-bond donors (Lipinski definition) is 0. The van der Waals surface area contributed by atoms with Gasteiger partial charge >= 0.3 is 0 Å². The number of hydrogen-bond acceptors (Lipinski definition) is 2. The number of anilines is 3. The van der Waals surface area contributed by atoms with Crippen LogP contribution in [-0.2, 0) is 5.41 Å². The fourth-order valence-electron chi connectivity index (χ4n) is 8.29. The minimum absolute atomic E-state index is 0.211. The van der Waals surface area contributed by atoms with Crippen LogP contribution >= 0.6 is 11.3 Å². The summed E-state index contributed by atoms with van der Waals surface area (Å²) in [6, 6.07) is 71.0. The lowest BCUT2D eigenvalue weighted by Crippen LogP contribution is -2.22. The van der Waals surface area contributed by atoms with E-state index in [-0.39, 0.29) is 5.41 Å². The Bertz CT molecular complexity index is 2600. The fraction of sp³-hybridized carbons (Fsp3) is 0.0400. The van der Waals surface area contributed by atoms with Crippen LogP contribution < -0.4 is 4.90 Å². The van der Waals surface area contributed by atoms with Crippen LogP contribution in [0.2, 0.25) is 0 Å². The highest BCUT2D eigenvalue weighted by atomic mass is 32.1. The van der Waals surface area contributed by atoms with Crippen molar-refractivity contribution in [3.63, 3.8) is 0 Å². The van der Waals surface area contributed by atoms with Gasteiger partial charge in [-0.05, 0) is 99.5 Å². The van der Waals surface area contributed by atoms with Crippen LogP contribution in [0.25, 0.3) is 53.6 Å². The van der Waals surface area contributed by atoms with Crippen molar-refractivity contribution in [2.45, 2.75) is 12.3 Å². The molecule has 0 atom stereocenters. The molecule has 0 aliphatic heterocycles. The third kappa shape index (κ3) is 4.91. The molecule has 1 aromatic heterocycles. The third-order valence-corrected chi connectivity index (χ3v) is 12.1. The largest absolute Gasteiger partial charge is 0.310 e. The Labute approximate surface area is 308 Å². The molecular formula is C50H35NS. The molecule has 0 radical (unpaired) electrons. The Balaban J connectivity index is 1.08. The molecule has 1 aliphatic rings. The second-order valence-corrected chi connectivity index (χ2v) is 15.0. The van der Waals surface area contributed by atoms with Crippen LogP contribution in [0.3, 0.4) is 0 Å². The van der Waals surface area contributed by atoms with E-state index in [1.54, 1.807) is 0 Å². The highest BCUT2D eigenvalue weighted by molar-refractivity contribution is 7.25. The maximum atomic E-state index is 2.45. The predicted molar refractivity (Wildman–Crippen MR) is 222 cm³/mol. The summed E-state index contributed by atoms with van der Waals surface area (Å²) >= 11 is 1.89. The molecule has 10 rings (SSSR count). The van der Waals surface area contributed by atoms with Gasteiger partial charge in [-0.2, -0.15) is 0 Å². The Morgan fingerprint density at radius 3 is 1.35 bits per heavy atom. The van der Waals surface area contributed by atoms with Crippen molar-refractivity contribution in [2.75, 3.05) is 4.90 Å². The molecule has 9 aromatic rings. The van der Waals surface area contributed by atoms with Gasteiger partial charge < -0.3 is 4.90 Å². The highest BCUT2D eigenvalue weighted by Crippen LogP contribution is 2.53. The maximum Gasteiger partial charge on any atom is 0.0476 e. The fourth-order valence-corrected chi connectivity index (χ4v) is 9.47. The van der Waals surface area contributed by atoms with Crippen LogP contribution in [0.1, 0.15) is 23.6 Å². The smallest absolute Gasteiger partial charge is 0.0476 e. The number of nitrogens with zero attached hydrogens (tertiary/aromatic N) is 1. The van der Waals surface area contributed by atoms with Gasteiger partial charge in [-0.3, -0.25) is 0 Å². The molecule has 0 amide bonds. The zero-order valence-corrected chi connectivity index (χ0v) is 29.6. The number of benzene rings is 8. The molecule has 2 heteroatoms. The summed E-state index contributed by atoms with van der Waals surface area (Å²) in [5.74, 6) is 0. The number of rotatable bonds is 6. The molecule has 0 saturated carbocycles. The molecule has 52 heavy (non-hydrogen) atoms. The molecule has 1 heterocycles. The first kappa shape index (κ1) is 30.6. The molecule has 1 nitrogen and oxygen atoms in total. The standard InChI is InChI=1S/C50H35NS/c1-50(46-18-10-8-16-42(46)43-17-9-11-19-47(43)50)38-24-30-44-45-31-29-41(33-49(45)52-48(44)32-38)51(39-25-20-36(21-26-39)34-12-4-2-5-13-34)40-27-22-37(23-28-40)35-14-6-3-7-15-35/h2-33H,1H3. The van der Waals surface area contributed by atoms with Gasteiger partial charge in [0.1, 0.15) is 0 Å². The summed E-state index contributed by atoms with van der Waals surface area (Å²) in [6.45, 7) is 2.40. The third-order valence-electron chi connectivity index (χ3n) is 11.0. The summed E-state index contributed by atoms with van der Waals surface area (Å²) in [5.41, 5.74) is 14.8. The van der Waals surface area contributed by atoms with Gasteiger partial charge in [0, 0.05) is 42.6 Å². The van der Waals surface area contributed by atoms with Crippen LogP contribution in [0.5, 0.6) is 0 Å². The Hall–Kier alpha value is -6.22. The predicted octanol–water partition coefficient (Wildman–Crippen LogP) is 14.2. The van der Waals surface area contributed by atoms with E-state index >= 15 is 0 Å². The second kappa shape index (κ2) is 12.2. The molecular weight excluding hydrogens is 647 g/mol. The molecule has 0 unspecified atom stereocenters. The van der Waals surface area contributed by atoms with Gasteiger partial charge in [-0.1, -0.05) is 152 Å². The van der Waals surface area contributed by atoms with Crippen molar-refractivity contribution in [1.82, 2.24) is 0 Å². The molecule has 0 N–H and O–H groups in total. The topological polar surface area (TPSA) is 3.24 Å². The summed E-state index contributed by atoms with van der Waals surface area (Å²) in [4.78, 5) is 2.38. The van der Waals surface area contributed by atoms with E-state index in [9.17, 15) is 0 Å². The van der Waals surface area contributed by atoms with E-state index in [1.165, 1.54) is 70.2 Å². The van der Waals surface area contributed by atoms with Crippen molar-refractivity contribution in [2.24, 2.45) is 0 Å². The van der Waals surface area contributed by atoms with Crippen molar-refractivity contribution in [1.29, 1.82) is 0 Å². The molecule has 1 aliphatic carbocycles. The van der Waals surface area contributed by atoms with Crippen LogP contribution in [0.15, 0.2) is 194 Å². The molecule has 0 saturated heterocycles. The SMILES string of the molecule is CC1(c2ccc3c(c2)sc2cc(N(c4ccc(-c5ccccc5)cc4)c4ccc(-c5ccccc5)cc4)ccc23)c2ccccc2-c2ccccc21. The van der Waals surface area contributed by atoms with Gasteiger partial charge in [-0.25, -0.2) is 0 Å². The van der Waals surface area contributed by atoms with Crippen molar-refractivity contribution in [3.05, 3.63) is 211 Å². The molecule has 0 fully saturated rings. The second-order valence-electron chi connectivity index (χ2n) is 13.9. The Morgan fingerprint density at radius 2 is 0.808 bits per heavy atom. The van der Waals surface area contributed by atoms with Gasteiger partial charge in [0.25, 0.3) is 0 Å². The van der Waals surface area contributed by atoms with E-state index in [1.807, 2.05) is 11.3 Å². The zero-order chi connectivity index (χ0) is 34.6. The quantitative estimate of drug-likeness (QED) is 0.169. The number of fused-ring (bicyclic) bond motifs is 6. The van der Waals surface area contributed by atoms with E-state index < -0.39 is 0 Å². The maximum absolute atomic E-state index is 2.45. The number of thiophene rings is 1. The minimum Gasteiger partial charge on any atom is -0.310 e. The molecule has 8 aromatic carbocycles. The average molecular weight is 682 g/mol. The van der Waals surface area contributed by atoms with Crippen molar-refractivity contribution in [3.8, 4) is 33.4 Å². The van der Waals surface area contributed by atoms with Crippen molar-refractivity contribution < 1.29 is 0 Å². The molecule has 246 valence electrons. The summed E-state index contributed by atoms with van der Waals surface area (Å²) in [6.07, 6.45) is 0. The Kier molecular flexibility index (Phi) is 7.19. The van der Waals surface area contributed by atoms with E-state index in [4.69, 9.17) is 0 Å². The van der Waals surface area contributed by atoms with Crippen LogP contribution in [0, 0.1) is 0 Å². The summed E-state index contributed by atoms with van der Waals surface area (Å²) in [5, 5.41) is 2.61. The summed E-state index contributed by atoms with van der Waals surface area (Å²) < 4.78 is 2.60. The van der Waals surface area contributed by atoms with E-state index in [2.05, 4.69) is 206 Å². The lowest BCUT2D eigenvalue weighted by Gasteiger charge is -2.28. The lowest BCUT2D eigenvalue weighted by atomic mass is 9.74. The lowest BCUT2D eigenvalue weighted by molar-refractivity contribution is 0.715. The van der Waals surface area contributed by atoms with Gasteiger partial charge in [0.2, 0.25) is 0 Å². The molecule has 0 bridgehead atoms. The highest BCUT2D eigenvalue weighted by Gasteiger charge is 2.40. The molecule has 0 spiro atoms. The average Bonchev–Trinajstić information content (AvgIpc) is 3.71. The van der Waals surface area contributed by atoms with Gasteiger partial charge in [0.15, 0.2) is 0 Å². The first-order chi connectivity index (χ1) is 25.6. The van der Waals surface area contributed by atoms with E-state index in [0.717, 1.165) is 17.1 Å². The monoisotopic (exact) mass is 681 g/mol. The van der Waals surface area contributed by atoms with Crippen LogP contribution in [-0.4, -0.2) is 0 Å². The first-order valence-corrected chi connectivity index (χ1v) is 18.7. The van der Waals surface area contributed by atoms with Gasteiger partial charge in [0.05, 0.1) is 0 Å². The normalized spacial score (nSPS) is 12.9. The van der Waals surface area contributed by atoms with Crippen LogP contribution in [0.4, 0.5) is 17.1 Å². The van der Waals surface area contributed by atoms with Gasteiger partial charge in [-0.15, -0.1) is 11.3 Å². The van der Waals surface area contributed by atoms with Crippen molar-refractivity contribution >= 4 is 48.6 Å². The summed E-state index contributed by atoms with van der Waals surface area (Å²) in [7, 11) is 0. The minimum atomic E-state index is -0.211. The Morgan fingerprint density at radius 1 is 0.385 bits per heavy atom. The van der Waals surface area contributed by atoms with E-state index in [0.29, 0.717) is 0 Å². The zero-order valence-electron chi connectivity index (χ0n) is 28.8. The first-order valence-electron chi connectivity index (χ1n) is 17.9.